The predicted octanol–water partition coefficient (Wildman–Crippen LogP) is 4.19. The summed E-state index contributed by atoms with van der Waals surface area (Å²) in [5, 5.41) is 2.96. The molecule has 0 radical (unpaired) electrons. The molecule has 2 rings (SSSR count). The minimum atomic E-state index is -0.425. The lowest BCUT2D eigenvalue weighted by Gasteiger charge is -2.08. The van der Waals surface area contributed by atoms with E-state index in [-0.39, 0.29) is 18.1 Å². The Kier molecular flexibility index (Phi) is 4.49. The van der Waals surface area contributed by atoms with E-state index in [2.05, 4.69) is 18.8 Å². The summed E-state index contributed by atoms with van der Waals surface area (Å²) in [6.45, 7) is 5.81. The van der Waals surface area contributed by atoms with Gasteiger partial charge in [0.2, 0.25) is 0 Å². The van der Waals surface area contributed by atoms with Crippen molar-refractivity contribution in [3.8, 4) is 5.75 Å². The first-order chi connectivity index (χ1) is 9.47. The number of hydrogen-bond donors (Lipinski definition) is 0. The van der Waals surface area contributed by atoms with E-state index in [1.165, 1.54) is 25.1 Å². The van der Waals surface area contributed by atoms with Crippen LogP contribution in [0.4, 0.5) is 4.39 Å². The zero-order chi connectivity index (χ0) is 14.7. The Bertz CT molecular complexity index is 622. The van der Waals surface area contributed by atoms with Crippen molar-refractivity contribution in [1.29, 1.82) is 0 Å². The maximum absolute atomic E-state index is 13.2. The Morgan fingerprint density at radius 1 is 1.45 bits per heavy atom. The second-order valence-electron chi connectivity index (χ2n) is 4.82. The maximum atomic E-state index is 13.2. The van der Waals surface area contributed by atoms with Gasteiger partial charge in [0.15, 0.2) is 5.78 Å². The molecule has 0 spiro atoms. The number of thiazole rings is 1. The molecule has 5 heteroatoms. The van der Waals surface area contributed by atoms with E-state index in [9.17, 15) is 9.18 Å². The Morgan fingerprint density at radius 3 is 2.80 bits per heavy atom. The second-order valence-corrected chi connectivity index (χ2v) is 5.71. The zero-order valence-corrected chi connectivity index (χ0v) is 12.5. The molecule has 0 saturated carbocycles. The molecule has 0 N–H and O–H groups in total. The molecule has 0 aliphatic heterocycles. The topological polar surface area (TPSA) is 39.2 Å². The number of carbonyl (C=O) groups is 1. The van der Waals surface area contributed by atoms with Crippen LogP contribution in [0.15, 0.2) is 23.6 Å². The van der Waals surface area contributed by atoms with E-state index in [4.69, 9.17) is 4.74 Å². The molecule has 0 aliphatic rings. The van der Waals surface area contributed by atoms with E-state index >= 15 is 0 Å². The fourth-order valence-electron chi connectivity index (χ4n) is 1.71. The van der Waals surface area contributed by atoms with Gasteiger partial charge in [-0.15, -0.1) is 11.3 Å². The van der Waals surface area contributed by atoms with E-state index in [0.717, 1.165) is 10.7 Å². The molecule has 20 heavy (non-hydrogen) atoms. The highest BCUT2D eigenvalue weighted by molar-refractivity contribution is 7.09. The minimum absolute atomic E-state index is 0.152. The van der Waals surface area contributed by atoms with Crippen LogP contribution < -0.4 is 4.74 Å². The molecule has 0 saturated heterocycles. The summed E-state index contributed by atoms with van der Waals surface area (Å²) in [6.07, 6.45) is 0. The van der Waals surface area contributed by atoms with Crippen molar-refractivity contribution in [3.05, 3.63) is 45.7 Å². The number of benzene rings is 1. The van der Waals surface area contributed by atoms with Crippen LogP contribution in [0.5, 0.6) is 5.75 Å². The number of rotatable bonds is 5. The number of carbonyl (C=O) groups excluding carboxylic acids is 1. The van der Waals surface area contributed by atoms with Gasteiger partial charge in [-0.25, -0.2) is 9.37 Å². The summed E-state index contributed by atoms with van der Waals surface area (Å²) in [7, 11) is 0. The molecule has 1 aromatic carbocycles. The average molecular weight is 293 g/mol. The molecule has 2 aromatic rings. The molecule has 106 valence electrons. The van der Waals surface area contributed by atoms with Gasteiger partial charge in [0.1, 0.15) is 18.2 Å². The van der Waals surface area contributed by atoms with Crippen LogP contribution in [-0.4, -0.2) is 10.8 Å². The van der Waals surface area contributed by atoms with Gasteiger partial charge < -0.3 is 4.74 Å². The monoisotopic (exact) mass is 293 g/mol. The predicted molar refractivity (Wildman–Crippen MR) is 76.9 cm³/mol. The summed E-state index contributed by atoms with van der Waals surface area (Å²) in [5.74, 6) is 0.0552. The van der Waals surface area contributed by atoms with Gasteiger partial charge in [0.25, 0.3) is 0 Å². The molecular formula is C15H16FNO2S. The van der Waals surface area contributed by atoms with Crippen LogP contribution in [0.25, 0.3) is 0 Å². The number of ether oxygens (including phenoxy) is 1. The van der Waals surface area contributed by atoms with Crippen molar-refractivity contribution in [2.24, 2.45) is 0 Å². The van der Waals surface area contributed by atoms with Crippen LogP contribution in [0, 0.1) is 5.82 Å². The third-order valence-corrected chi connectivity index (χ3v) is 3.96. The highest BCUT2D eigenvalue weighted by Gasteiger charge is 2.11. The van der Waals surface area contributed by atoms with Crippen LogP contribution in [0.3, 0.4) is 0 Å². The number of Topliss-reactive ketones (excluding diaryl/α,β-unsaturated/α-hetero) is 1. The molecule has 1 aromatic heterocycles. The lowest BCUT2D eigenvalue weighted by Crippen LogP contribution is -2.02. The zero-order valence-electron chi connectivity index (χ0n) is 11.6. The first-order valence-electron chi connectivity index (χ1n) is 6.35. The van der Waals surface area contributed by atoms with E-state index in [0.29, 0.717) is 11.5 Å². The van der Waals surface area contributed by atoms with Crippen molar-refractivity contribution in [2.75, 3.05) is 0 Å². The third kappa shape index (κ3) is 3.42. The van der Waals surface area contributed by atoms with Gasteiger partial charge in [-0.05, 0) is 19.1 Å². The van der Waals surface area contributed by atoms with Crippen LogP contribution in [0.1, 0.15) is 47.7 Å². The normalized spacial score (nSPS) is 10.8. The molecule has 0 fully saturated rings. The van der Waals surface area contributed by atoms with Gasteiger partial charge in [-0.3, -0.25) is 4.79 Å². The molecule has 0 atom stereocenters. The highest BCUT2D eigenvalue weighted by atomic mass is 32.1. The van der Waals surface area contributed by atoms with Crippen LogP contribution in [-0.2, 0) is 6.61 Å². The van der Waals surface area contributed by atoms with Gasteiger partial charge in [0, 0.05) is 17.4 Å². The number of nitrogens with zero attached hydrogens (tertiary/aromatic N) is 1. The van der Waals surface area contributed by atoms with Crippen molar-refractivity contribution >= 4 is 17.1 Å². The fraction of sp³-hybridized carbons (Fsp3) is 0.333. The first kappa shape index (κ1) is 14.7. The first-order valence-corrected chi connectivity index (χ1v) is 7.23. The van der Waals surface area contributed by atoms with Crippen molar-refractivity contribution in [1.82, 2.24) is 4.98 Å². The Hall–Kier alpha value is -1.75. The van der Waals surface area contributed by atoms with Crippen LogP contribution in [0.2, 0.25) is 0 Å². The molecular weight excluding hydrogens is 277 g/mol. The largest absolute Gasteiger partial charge is 0.486 e. The summed E-state index contributed by atoms with van der Waals surface area (Å²) in [6, 6.07) is 3.92. The number of halogens is 1. The van der Waals surface area contributed by atoms with Crippen molar-refractivity contribution in [3.63, 3.8) is 0 Å². The molecule has 0 unspecified atom stereocenters. The Balaban J connectivity index is 2.13. The van der Waals surface area contributed by atoms with Crippen LogP contribution >= 0.6 is 11.3 Å². The Labute approximate surface area is 121 Å². The van der Waals surface area contributed by atoms with Gasteiger partial charge in [0.05, 0.1) is 16.3 Å². The molecule has 0 bridgehead atoms. The quantitative estimate of drug-likeness (QED) is 0.776. The minimum Gasteiger partial charge on any atom is -0.486 e. The maximum Gasteiger partial charge on any atom is 0.163 e. The van der Waals surface area contributed by atoms with E-state index in [1.807, 2.05) is 5.38 Å². The summed E-state index contributed by atoms with van der Waals surface area (Å²) >= 11 is 1.57. The Morgan fingerprint density at radius 2 is 2.20 bits per heavy atom. The molecule has 3 nitrogen and oxygen atoms in total. The summed E-state index contributed by atoms with van der Waals surface area (Å²) < 4.78 is 18.8. The third-order valence-electron chi connectivity index (χ3n) is 2.76. The van der Waals surface area contributed by atoms with Crippen molar-refractivity contribution < 1.29 is 13.9 Å². The standard InChI is InChI=1S/C15H16FNO2S/c1-9(2)15-17-12(8-20-15)7-19-14-6-11(16)4-5-13(14)10(3)18/h4-6,8-9H,7H2,1-3H3. The molecule has 0 aliphatic carbocycles. The van der Waals surface area contributed by atoms with Crippen molar-refractivity contribution in [2.45, 2.75) is 33.3 Å². The molecule has 0 amide bonds. The fourth-order valence-corrected chi connectivity index (χ4v) is 2.53. The number of ketones is 1. The number of aromatic nitrogens is 1. The lowest BCUT2D eigenvalue weighted by molar-refractivity contribution is 0.101. The highest BCUT2D eigenvalue weighted by Crippen LogP contribution is 2.23. The number of hydrogen-bond acceptors (Lipinski definition) is 4. The SMILES string of the molecule is CC(=O)c1ccc(F)cc1OCc1csc(C(C)C)n1. The van der Waals surface area contributed by atoms with Gasteiger partial charge in [-0.2, -0.15) is 0 Å². The smallest absolute Gasteiger partial charge is 0.163 e. The van der Waals surface area contributed by atoms with E-state index < -0.39 is 5.82 Å². The average Bonchev–Trinajstić information content (AvgIpc) is 2.85. The van der Waals surface area contributed by atoms with Gasteiger partial charge >= 0.3 is 0 Å². The summed E-state index contributed by atoms with van der Waals surface area (Å²) in [4.78, 5) is 15.9. The summed E-state index contributed by atoms with van der Waals surface area (Å²) in [5.41, 5.74) is 1.17. The lowest BCUT2D eigenvalue weighted by atomic mass is 10.1. The van der Waals surface area contributed by atoms with E-state index in [1.54, 1.807) is 11.3 Å². The molecule has 1 heterocycles. The second kappa shape index (κ2) is 6.13. The van der Waals surface area contributed by atoms with Gasteiger partial charge in [-0.1, -0.05) is 13.8 Å².